The van der Waals surface area contributed by atoms with Gasteiger partial charge < -0.3 is 11.1 Å². The summed E-state index contributed by atoms with van der Waals surface area (Å²) in [5.74, 6) is -0.343. The van der Waals surface area contributed by atoms with Crippen LogP contribution in [0.2, 0.25) is 0 Å². The van der Waals surface area contributed by atoms with E-state index in [4.69, 9.17) is 5.73 Å². The lowest BCUT2D eigenvalue weighted by Gasteiger charge is -2.20. The molecule has 0 atom stereocenters. The van der Waals surface area contributed by atoms with Gasteiger partial charge in [-0.3, -0.25) is 9.59 Å². The number of hydrogen-bond acceptors (Lipinski definition) is 2. The van der Waals surface area contributed by atoms with Gasteiger partial charge in [-0.1, -0.05) is 60.7 Å². The first-order valence-corrected chi connectivity index (χ1v) is 7.84. The van der Waals surface area contributed by atoms with Crippen molar-refractivity contribution in [3.8, 4) is 0 Å². The molecule has 0 saturated carbocycles. The lowest BCUT2D eigenvalue weighted by atomic mass is 9.98. The van der Waals surface area contributed by atoms with Crippen molar-refractivity contribution in [1.82, 2.24) is 5.32 Å². The van der Waals surface area contributed by atoms with E-state index in [1.165, 1.54) is 0 Å². The Morgan fingerprint density at radius 2 is 1.30 bits per heavy atom. The Labute approximate surface area is 136 Å². The third-order valence-corrected chi connectivity index (χ3v) is 3.65. The number of nitrogens with two attached hydrogens (primary N) is 1. The number of rotatable bonds is 8. The maximum Gasteiger partial charge on any atom is 0.220 e. The molecule has 0 aliphatic carbocycles. The summed E-state index contributed by atoms with van der Waals surface area (Å²) >= 11 is 0. The Bertz CT molecular complexity index is 587. The van der Waals surface area contributed by atoms with Gasteiger partial charge >= 0.3 is 0 Å². The quantitative estimate of drug-likeness (QED) is 0.736. The Morgan fingerprint density at radius 3 is 1.78 bits per heavy atom. The minimum Gasteiger partial charge on any atom is -0.370 e. The second kappa shape index (κ2) is 8.73. The second-order valence-electron chi connectivity index (χ2n) is 5.50. The molecule has 0 aromatic heterocycles. The first-order valence-electron chi connectivity index (χ1n) is 7.84. The molecule has 4 nitrogen and oxygen atoms in total. The van der Waals surface area contributed by atoms with Crippen LogP contribution in [0.3, 0.4) is 0 Å². The molecule has 0 spiro atoms. The zero-order valence-electron chi connectivity index (χ0n) is 13.1. The summed E-state index contributed by atoms with van der Waals surface area (Å²) < 4.78 is 0. The van der Waals surface area contributed by atoms with Crippen molar-refractivity contribution in [2.75, 3.05) is 0 Å². The van der Waals surface area contributed by atoms with Gasteiger partial charge in [-0.05, 0) is 24.0 Å². The van der Waals surface area contributed by atoms with Gasteiger partial charge in [0.1, 0.15) is 0 Å². The molecule has 4 heteroatoms. The first-order chi connectivity index (χ1) is 11.2. The van der Waals surface area contributed by atoms with Crippen molar-refractivity contribution in [3.05, 3.63) is 71.8 Å². The molecular formula is C19H22N2O2. The highest BCUT2D eigenvalue weighted by Gasteiger charge is 2.16. The predicted molar refractivity (Wildman–Crippen MR) is 90.5 cm³/mol. The molecule has 2 rings (SSSR count). The number of carbonyl (C=O) groups excluding carboxylic acids is 2. The van der Waals surface area contributed by atoms with Crippen LogP contribution in [-0.4, -0.2) is 11.8 Å². The van der Waals surface area contributed by atoms with Crippen LogP contribution in [0.4, 0.5) is 0 Å². The highest BCUT2D eigenvalue weighted by Crippen LogP contribution is 2.22. The van der Waals surface area contributed by atoms with Crippen molar-refractivity contribution in [1.29, 1.82) is 0 Å². The summed E-state index contributed by atoms with van der Waals surface area (Å²) in [6.07, 6.45) is 2.02. The maximum absolute atomic E-state index is 12.2. The largest absolute Gasteiger partial charge is 0.370 e. The average Bonchev–Trinajstić information content (AvgIpc) is 2.58. The highest BCUT2D eigenvalue weighted by atomic mass is 16.2. The van der Waals surface area contributed by atoms with Gasteiger partial charge in [0, 0.05) is 12.8 Å². The van der Waals surface area contributed by atoms with E-state index < -0.39 is 0 Å². The molecule has 0 aliphatic heterocycles. The molecule has 0 heterocycles. The SMILES string of the molecule is NC(=O)CCCCC(=O)NC(c1ccccc1)c1ccccc1. The fourth-order valence-electron chi connectivity index (χ4n) is 2.47. The average molecular weight is 310 g/mol. The van der Waals surface area contributed by atoms with Gasteiger partial charge in [-0.2, -0.15) is 0 Å². The molecule has 0 fully saturated rings. The number of amides is 2. The van der Waals surface area contributed by atoms with Crippen molar-refractivity contribution >= 4 is 11.8 Å². The van der Waals surface area contributed by atoms with E-state index in [0.717, 1.165) is 11.1 Å². The van der Waals surface area contributed by atoms with Crippen LogP contribution < -0.4 is 11.1 Å². The number of primary amides is 1. The molecule has 0 unspecified atom stereocenters. The highest BCUT2D eigenvalue weighted by molar-refractivity contribution is 5.77. The van der Waals surface area contributed by atoms with E-state index >= 15 is 0 Å². The summed E-state index contributed by atoms with van der Waals surface area (Å²) in [6, 6.07) is 19.6. The van der Waals surface area contributed by atoms with Crippen LogP contribution in [0, 0.1) is 0 Å². The summed E-state index contributed by atoms with van der Waals surface area (Å²) in [7, 11) is 0. The fraction of sp³-hybridized carbons (Fsp3) is 0.263. The monoisotopic (exact) mass is 310 g/mol. The number of unbranched alkanes of at least 4 members (excludes halogenated alkanes) is 1. The third-order valence-electron chi connectivity index (χ3n) is 3.65. The summed E-state index contributed by atoms with van der Waals surface area (Å²) in [5.41, 5.74) is 7.19. The molecule has 23 heavy (non-hydrogen) atoms. The Kier molecular flexibility index (Phi) is 6.36. The van der Waals surface area contributed by atoms with Crippen LogP contribution in [0.5, 0.6) is 0 Å². The molecule has 2 amide bonds. The Morgan fingerprint density at radius 1 is 0.826 bits per heavy atom. The molecule has 2 aromatic rings. The molecule has 0 aliphatic rings. The van der Waals surface area contributed by atoms with Crippen molar-refractivity contribution in [3.63, 3.8) is 0 Å². The minimum absolute atomic E-state index is 0.0211. The lowest BCUT2D eigenvalue weighted by molar-refractivity contribution is -0.122. The third kappa shape index (κ3) is 5.58. The zero-order chi connectivity index (χ0) is 16.5. The Balaban J connectivity index is 2.01. The van der Waals surface area contributed by atoms with Crippen molar-refractivity contribution in [2.45, 2.75) is 31.7 Å². The molecule has 0 bridgehead atoms. The first kappa shape index (κ1) is 16.7. The lowest BCUT2D eigenvalue weighted by Crippen LogP contribution is -2.29. The molecule has 0 saturated heterocycles. The van der Waals surface area contributed by atoms with Gasteiger partial charge in [0.25, 0.3) is 0 Å². The van der Waals surface area contributed by atoms with E-state index in [9.17, 15) is 9.59 Å². The molecule has 2 aromatic carbocycles. The van der Waals surface area contributed by atoms with Crippen LogP contribution >= 0.6 is 0 Å². The van der Waals surface area contributed by atoms with Crippen LogP contribution in [-0.2, 0) is 9.59 Å². The topological polar surface area (TPSA) is 72.2 Å². The van der Waals surface area contributed by atoms with E-state index in [1.807, 2.05) is 60.7 Å². The number of benzene rings is 2. The van der Waals surface area contributed by atoms with Gasteiger partial charge in [-0.15, -0.1) is 0 Å². The molecule has 3 N–H and O–H groups in total. The van der Waals surface area contributed by atoms with Gasteiger partial charge in [0.2, 0.25) is 11.8 Å². The normalized spacial score (nSPS) is 10.5. The van der Waals surface area contributed by atoms with Crippen LogP contribution in [0.25, 0.3) is 0 Å². The smallest absolute Gasteiger partial charge is 0.220 e. The van der Waals surface area contributed by atoms with Crippen molar-refractivity contribution < 1.29 is 9.59 Å². The molecule has 120 valence electrons. The summed E-state index contributed by atoms with van der Waals surface area (Å²) in [4.78, 5) is 22.9. The van der Waals surface area contributed by atoms with Gasteiger partial charge in [0.15, 0.2) is 0 Å². The summed E-state index contributed by atoms with van der Waals surface area (Å²) in [5, 5.41) is 3.08. The fourth-order valence-corrected chi connectivity index (χ4v) is 2.47. The van der Waals surface area contributed by atoms with Gasteiger partial charge in [0.05, 0.1) is 6.04 Å². The number of carbonyl (C=O) groups is 2. The second-order valence-corrected chi connectivity index (χ2v) is 5.50. The minimum atomic E-state index is -0.322. The van der Waals surface area contributed by atoms with Crippen LogP contribution in [0.1, 0.15) is 42.9 Å². The predicted octanol–water partition coefficient (Wildman–Crippen LogP) is 2.94. The summed E-state index contributed by atoms with van der Waals surface area (Å²) in [6.45, 7) is 0. The van der Waals surface area contributed by atoms with E-state index in [1.54, 1.807) is 0 Å². The van der Waals surface area contributed by atoms with Gasteiger partial charge in [-0.25, -0.2) is 0 Å². The van der Waals surface area contributed by atoms with E-state index in [0.29, 0.717) is 25.7 Å². The standard InChI is InChI=1S/C19H22N2O2/c20-17(22)13-7-8-14-18(23)21-19(15-9-3-1-4-10-15)16-11-5-2-6-12-16/h1-6,9-12,19H,7-8,13-14H2,(H2,20,22)(H,21,23). The Hall–Kier alpha value is -2.62. The van der Waals surface area contributed by atoms with E-state index in [-0.39, 0.29) is 17.9 Å². The van der Waals surface area contributed by atoms with Crippen molar-refractivity contribution in [2.24, 2.45) is 5.73 Å². The number of nitrogens with one attached hydrogen (secondary N) is 1. The molecule has 0 radical (unpaired) electrons. The number of hydrogen-bond donors (Lipinski definition) is 2. The maximum atomic E-state index is 12.2. The van der Waals surface area contributed by atoms with E-state index in [2.05, 4.69) is 5.32 Å². The van der Waals surface area contributed by atoms with Crippen LogP contribution in [0.15, 0.2) is 60.7 Å². The zero-order valence-corrected chi connectivity index (χ0v) is 13.1. The molecular weight excluding hydrogens is 288 g/mol.